The maximum Gasteiger partial charge on any atom is 0.308 e. The van der Waals surface area contributed by atoms with Crippen molar-refractivity contribution < 1.29 is 14.7 Å². The molecular weight excluding hydrogens is 256 g/mol. The van der Waals surface area contributed by atoms with E-state index in [1.807, 2.05) is 37.3 Å². The second-order valence-corrected chi connectivity index (χ2v) is 5.44. The molecule has 3 unspecified atom stereocenters. The third-order valence-electron chi connectivity index (χ3n) is 3.90. The average Bonchev–Trinajstić information content (AvgIpc) is 2.82. The summed E-state index contributed by atoms with van der Waals surface area (Å²) in [5, 5.41) is 9.08. The molecule has 3 N–H and O–H groups in total. The summed E-state index contributed by atoms with van der Waals surface area (Å²) >= 11 is 0. The van der Waals surface area contributed by atoms with Gasteiger partial charge in [-0.05, 0) is 11.5 Å². The molecule has 1 aliphatic heterocycles. The zero-order valence-corrected chi connectivity index (χ0v) is 11.5. The van der Waals surface area contributed by atoms with Gasteiger partial charge in [-0.15, -0.1) is 0 Å². The SMILES string of the molecule is CC1CN(C(=O)CC(N)c2ccccc2)CC1C(=O)O. The minimum atomic E-state index is -0.833. The van der Waals surface area contributed by atoms with Gasteiger partial charge < -0.3 is 15.7 Å². The number of carbonyl (C=O) groups is 2. The summed E-state index contributed by atoms with van der Waals surface area (Å²) in [6, 6.07) is 9.12. The number of nitrogens with zero attached hydrogens (tertiary/aromatic N) is 1. The van der Waals surface area contributed by atoms with E-state index in [1.54, 1.807) is 4.90 Å². The van der Waals surface area contributed by atoms with E-state index in [2.05, 4.69) is 0 Å². The number of nitrogens with two attached hydrogens (primary N) is 1. The molecule has 1 aromatic rings. The molecular formula is C15H20N2O3. The van der Waals surface area contributed by atoms with E-state index in [1.165, 1.54) is 0 Å². The lowest BCUT2D eigenvalue weighted by Crippen LogP contribution is -2.32. The molecule has 0 spiro atoms. The highest BCUT2D eigenvalue weighted by Crippen LogP contribution is 2.25. The first kappa shape index (κ1) is 14.5. The van der Waals surface area contributed by atoms with Crippen LogP contribution < -0.4 is 5.73 Å². The topological polar surface area (TPSA) is 83.6 Å². The van der Waals surface area contributed by atoms with Gasteiger partial charge in [0.1, 0.15) is 0 Å². The Morgan fingerprint density at radius 2 is 2.00 bits per heavy atom. The molecule has 108 valence electrons. The minimum absolute atomic E-state index is 0.00982. The predicted octanol–water partition coefficient (Wildman–Crippen LogP) is 1.26. The standard InChI is InChI=1S/C15H20N2O3/c1-10-8-17(9-12(10)15(19)20)14(18)7-13(16)11-5-3-2-4-6-11/h2-6,10,12-13H,7-9,16H2,1H3,(H,19,20). The molecule has 3 atom stereocenters. The third-order valence-corrected chi connectivity index (χ3v) is 3.90. The maximum absolute atomic E-state index is 12.2. The van der Waals surface area contributed by atoms with Crippen LogP contribution >= 0.6 is 0 Å². The molecule has 0 aliphatic carbocycles. The highest BCUT2D eigenvalue weighted by Gasteiger charge is 2.37. The number of carboxylic acid groups (broad SMARTS) is 1. The number of benzene rings is 1. The van der Waals surface area contributed by atoms with Gasteiger partial charge in [0, 0.05) is 25.6 Å². The van der Waals surface area contributed by atoms with Crippen molar-refractivity contribution in [2.75, 3.05) is 13.1 Å². The minimum Gasteiger partial charge on any atom is -0.481 e. The van der Waals surface area contributed by atoms with E-state index in [0.29, 0.717) is 6.54 Å². The van der Waals surface area contributed by atoms with Crippen molar-refractivity contribution in [2.24, 2.45) is 17.6 Å². The van der Waals surface area contributed by atoms with Crippen LogP contribution in [0.25, 0.3) is 0 Å². The molecule has 0 aromatic heterocycles. The van der Waals surface area contributed by atoms with Gasteiger partial charge in [0.2, 0.25) is 5.91 Å². The number of carbonyl (C=O) groups excluding carboxylic acids is 1. The summed E-state index contributed by atoms with van der Waals surface area (Å²) < 4.78 is 0. The van der Waals surface area contributed by atoms with Crippen LogP contribution in [0.4, 0.5) is 0 Å². The highest BCUT2D eigenvalue weighted by atomic mass is 16.4. The van der Waals surface area contributed by atoms with Crippen LogP contribution in [0.3, 0.4) is 0 Å². The number of likely N-dealkylation sites (tertiary alicyclic amines) is 1. The zero-order chi connectivity index (χ0) is 14.7. The second kappa shape index (κ2) is 6.05. The van der Waals surface area contributed by atoms with Crippen molar-refractivity contribution >= 4 is 11.9 Å². The molecule has 0 radical (unpaired) electrons. The van der Waals surface area contributed by atoms with E-state index in [4.69, 9.17) is 10.8 Å². The van der Waals surface area contributed by atoms with Gasteiger partial charge in [-0.1, -0.05) is 37.3 Å². The first-order valence-corrected chi connectivity index (χ1v) is 6.80. The van der Waals surface area contributed by atoms with Crippen LogP contribution in [0.1, 0.15) is 24.9 Å². The lowest BCUT2D eigenvalue weighted by atomic mass is 9.99. The Morgan fingerprint density at radius 3 is 2.55 bits per heavy atom. The number of carboxylic acids is 1. The quantitative estimate of drug-likeness (QED) is 0.867. The molecule has 1 saturated heterocycles. The van der Waals surface area contributed by atoms with Gasteiger partial charge in [-0.25, -0.2) is 0 Å². The van der Waals surface area contributed by atoms with Crippen LogP contribution in [0.2, 0.25) is 0 Å². The number of hydrogen-bond acceptors (Lipinski definition) is 3. The highest BCUT2D eigenvalue weighted by molar-refractivity contribution is 5.79. The molecule has 5 heteroatoms. The summed E-state index contributed by atoms with van der Waals surface area (Å²) in [6.07, 6.45) is 0.211. The Kier molecular flexibility index (Phi) is 4.39. The molecule has 20 heavy (non-hydrogen) atoms. The van der Waals surface area contributed by atoms with Gasteiger partial charge in [0.15, 0.2) is 0 Å². The van der Waals surface area contributed by atoms with Crippen molar-refractivity contribution in [3.63, 3.8) is 0 Å². The average molecular weight is 276 g/mol. The van der Waals surface area contributed by atoms with Gasteiger partial charge in [0.05, 0.1) is 5.92 Å². The van der Waals surface area contributed by atoms with E-state index < -0.39 is 11.9 Å². The molecule has 0 saturated carbocycles. The molecule has 1 amide bonds. The monoisotopic (exact) mass is 276 g/mol. The Labute approximate surface area is 118 Å². The molecule has 0 bridgehead atoms. The molecule has 1 aromatic carbocycles. The number of aliphatic carboxylic acids is 1. The number of rotatable bonds is 4. The summed E-state index contributed by atoms with van der Waals surface area (Å²) in [6.45, 7) is 2.65. The normalized spacial score (nSPS) is 23.6. The summed E-state index contributed by atoms with van der Waals surface area (Å²) in [7, 11) is 0. The first-order valence-electron chi connectivity index (χ1n) is 6.80. The molecule has 1 heterocycles. The summed E-state index contributed by atoms with van der Waals surface area (Å²) in [5.74, 6) is -1.38. The second-order valence-electron chi connectivity index (χ2n) is 5.44. The Morgan fingerprint density at radius 1 is 1.35 bits per heavy atom. The van der Waals surface area contributed by atoms with Crippen LogP contribution in [-0.4, -0.2) is 35.0 Å². The Hall–Kier alpha value is -1.88. The predicted molar refractivity (Wildman–Crippen MR) is 74.9 cm³/mol. The van der Waals surface area contributed by atoms with Crippen LogP contribution in [-0.2, 0) is 9.59 Å². The fourth-order valence-electron chi connectivity index (χ4n) is 2.63. The van der Waals surface area contributed by atoms with Gasteiger partial charge in [-0.3, -0.25) is 9.59 Å². The fourth-order valence-corrected chi connectivity index (χ4v) is 2.63. The Bertz CT molecular complexity index is 489. The smallest absolute Gasteiger partial charge is 0.308 e. The van der Waals surface area contributed by atoms with Gasteiger partial charge in [-0.2, -0.15) is 0 Å². The van der Waals surface area contributed by atoms with Crippen molar-refractivity contribution in [2.45, 2.75) is 19.4 Å². The maximum atomic E-state index is 12.2. The van der Waals surface area contributed by atoms with E-state index >= 15 is 0 Å². The van der Waals surface area contributed by atoms with Gasteiger partial charge >= 0.3 is 5.97 Å². The van der Waals surface area contributed by atoms with Gasteiger partial charge in [0.25, 0.3) is 0 Å². The first-order chi connectivity index (χ1) is 9.49. The van der Waals surface area contributed by atoms with Crippen molar-refractivity contribution in [1.29, 1.82) is 0 Å². The van der Waals surface area contributed by atoms with Crippen molar-refractivity contribution in [1.82, 2.24) is 4.90 Å². The van der Waals surface area contributed by atoms with E-state index in [-0.39, 0.29) is 30.8 Å². The van der Waals surface area contributed by atoms with Crippen LogP contribution in [0.5, 0.6) is 0 Å². The largest absolute Gasteiger partial charge is 0.481 e. The molecule has 5 nitrogen and oxygen atoms in total. The molecule has 2 rings (SSSR count). The van der Waals surface area contributed by atoms with E-state index in [9.17, 15) is 9.59 Å². The summed E-state index contributed by atoms with van der Waals surface area (Å²) in [5.41, 5.74) is 6.95. The molecule has 1 aliphatic rings. The summed E-state index contributed by atoms with van der Waals surface area (Å²) in [4.78, 5) is 24.9. The van der Waals surface area contributed by atoms with E-state index in [0.717, 1.165) is 5.56 Å². The zero-order valence-electron chi connectivity index (χ0n) is 11.5. The lowest BCUT2D eigenvalue weighted by molar-refractivity contribution is -0.142. The fraction of sp³-hybridized carbons (Fsp3) is 0.467. The molecule has 1 fully saturated rings. The van der Waals surface area contributed by atoms with Crippen molar-refractivity contribution in [3.8, 4) is 0 Å². The number of hydrogen-bond donors (Lipinski definition) is 2. The van der Waals surface area contributed by atoms with Crippen molar-refractivity contribution in [3.05, 3.63) is 35.9 Å². The Balaban J connectivity index is 1.95. The van der Waals surface area contributed by atoms with Crippen LogP contribution in [0.15, 0.2) is 30.3 Å². The van der Waals surface area contributed by atoms with Crippen LogP contribution in [0, 0.1) is 11.8 Å². The lowest BCUT2D eigenvalue weighted by Gasteiger charge is -2.19. The third kappa shape index (κ3) is 3.17. The number of amides is 1.